The first-order valence-corrected chi connectivity index (χ1v) is 5.67. The minimum absolute atomic E-state index is 0.149. The monoisotopic (exact) mass is 272 g/mol. The highest BCUT2D eigenvalue weighted by atomic mass is 79.9. The van der Waals surface area contributed by atoms with Gasteiger partial charge in [0.1, 0.15) is 5.82 Å². The fourth-order valence-corrected chi connectivity index (χ4v) is 1.56. The van der Waals surface area contributed by atoms with E-state index in [0.29, 0.717) is 6.42 Å². The van der Waals surface area contributed by atoms with Crippen molar-refractivity contribution in [1.29, 1.82) is 0 Å². The fourth-order valence-electron chi connectivity index (χ4n) is 1.20. The third kappa shape index (κ3) is 2.65. The zero-order valence-electron chi connectivity index (χ0n) is 9.10. The summed E-state index contributed by atoms with van der Waals surface area (Å²) in [4.78, 5) is 12.0. The van der Waals surface area contributed by atoms with Crippen molar-refractivity contribution in [2.75, 3.05) is 0 Å². The first-order valence-electron chi connectivity index (χ1n) is 4.88. The molecule has 1 aromatic carbocycles. The SMILES string of the molecule is CCC(C)(C)C(=O)c1cc(Br)ccc1F. The van der Waals surface area contributed by atoms with Crippen LogP contribution in [0.2, 0.25) is 0 Å². The average molecular weight is 273 g/mol. The molecule has 3 heteroatoms. The summed E-state index contributed by atoms with van der Waals surface area (Å²) in [6, 6.07) is 4.43. The number of ketones is 1. The molecule has 0 amide bonds. The first-order chi connectivity index (χ1) is 6.88. The number of carbonyl (C=O) groups is 1. The fraction of sp³-hybridized carbons (Fsp3) is 0.417. The van der Waals surface area contributed by atoms with Crippen LogP contribution in [0.1, 0.15) is 37.6 Å². The van der Waals surface area contributed by atoms with Crippen LogP contribution in [0.15, 0.2) is 22.7 Å². The molecule has 0 bridgehead atoms. The van der Waals surface area contributed by atoms with E-state index in [1.807, 2.05) is 20.8 Å². The van der Waals surface area contributed by atoms with Gasteiger partial charge in [-0.15, -0.1) is 0 Å². The van der Waals surface area contributed by atoms with E-state index in [9.17, 15) is 9.18 Å². The molecule has 1 aromatic rings. The minimum atomic E-state index is -0.512. The molecule has 1 nitrogen and oxygen atoms in total. The van der Waals surface area contributed by atoms with Crippen molar-refractivity contribution >= 4 is 21.7 Å². The van der Waals surface area contributed by atoms with E-state index in [2.05, 4.69) is 15.9 Å². The molecule has 0 atom stereocenters. The number of carbonyl (C=O) groups excluding carboxylic acids is 1. The zero-order valence-corrected chi connectivity index (χ0v) is 10.7. The molecule has 0 N–H and O–H groups in total. The van der Waals surface area contributed by atoms with Crippen LogP contribution in [0.4, 0.5) is 4.39 Å². The van der Waals surface area contributed by atoms with Crippen molar-refractivity contribution in [1.82, 2.24) is 0 Å². The van der Waals surface area contributed by atoms with Crippen molar-refractivity contribution in [3.05, 3.63) is 34.1 Å². The number of Topliss-reactive ketones (excluding diaryl/α,β-unsaturated/α-hetero) is 1. The average Bonchev–Trinajstić information content (AvgIpc) is 2.20. The Morgan fingerprint density at radius 3 is 2.60 bits per heavy atom. The lowest BCUT2D eigenvalue weighted by molar-refractivity contribution is 0.0828. The summed E-state index contributed by atoms with van der Waals surface area (Å²) in [5.74, 6) is -0.603. The lowest BCUT2D eigenvalue weighted by Gasteiger charge is -2.21. The maximum atomic E-state index is 13.4. The van der Waals surface area contributed by atoms with Crippen LogP contribution in [0.25, 0.3) is 0 Å². The Labute approximate surface area is 97.8 Å². The van der Waals surface area contributed by atoms with E-state index in [1.165, 1.54) is 12.1 Å². The van der Waals surface area contributed by atoms with Gasteiger partial charge in [0, 0.05) is 9.89 Å². The lowest BCUT2D eigenvalue weighted by atomic mass is 9.82. The van der Waals surface area contributed by atoms with E-state index >= 15 is 0 Å². The lowest BCUT2D eigenvalue weighted by Crippen LogP contribution is -2.24. The molecule has 82 valence electrons. The number of rotatable bonds is 3. The molecule has 0 aromatic heterocycles. The molecule has 15 heavy (non-hydrogen) atoms. The minimum Gasteiger partial charge on any atom is -0.293 e. The Balaban J connectivity index is 3.17. The van der Waals surface area contributed by atoms with Gasteiger partial charge >= 0.3 is 0 Å². The second-order valence-electron chi connectivity index (χ2n) is 4.19. The molecule has 0 aliphatic carbocycles. The molecule has 0 saturated heterocycles. The summed E-state index contributed by atoms with van der Waals surface area (Å²) in [5, 5.41) is 0. The molecule has 1 rings (SSSR count). The molecule has 0 saturated carbocycles. The van der Waals surface area contributed by atoms with E-state index < -0.39 is 11.2 Å². The predicted octanol–water partition coefficient (Wildman–Crippen LogP) is 4.21. The first kappa shape index (κ1) is 12.4. The number of hydrogen-bond acceptors (Lipinski definition) is 1. The highest BCUT2D eigenvalue weighted by molar-refractivity contribution is 9.10. The van der Waals surface area contributed by atoms with Crippen molar-refractivity contribution in [3.63, 3.8) is 0 Å². The molecular formula is C12H14BrFO. The molecule has 0 radical (unpaired) electrons. The Morgan fingerprint density at radius 1 is 1.47 bits per heavy atom. The van der Waals surface area contributed by atoms with E-state index in [4.69, 9.17) is 0 Å². The summed E-state index contributed by atoms with van der Waals surface area (Å²) in [7, 11) is 0. The largest absolute Gasteiger partial charge is 0.293 e. The standard InChI is InChI=1S/C12H14BrFO/c1-4-12(2,3)11(15)9-7-8(13)5-6-10(9)14/h5-7H,4H2,1-3H3. The van der Waals surface area contributed by atoms with Crippen molar-refractivity contribution in [2.24, 2.45) is 5.41 Å². The number of halogens is 2. The maximum Gasteiger partial charge on any atom is 0.171 e. The van der Waals surface area contributed by atoms with Gasteiger partial charge in [-0.3, -0.25) is 4.79 Å². The van der Waals surface area contributed by atoms with Gasteiger partial charge in [-0.1, -0.05) is 36.7 Å². The summed E-state index contributed by atoms with van der Waals surface area (Å²) in [5.41, 5.74) is -0.349. The van der Waals surface area contributed by atoms with Crippen molar-refractivity contribution in [2.45, 2.75) is 27.2 Å². The summed E-state index contributed by atoms with van der Waals surface area (Å²) in [6.07, 6.45) is 0.692. The number of benzene rings is 1. The molecule has 0 aliphatic heterocycles. The van der Waals surface area contributed by atoms with Gasteiger partial charge in [0.25, 0.3) is 0 Å². The van der Waals surface area contributed by atoms with Gasteiger partial charge in [-0.2, -0.15) is 0 Å². The second kappa shape index (κ2) is 4.44. The van der Waals surface area contributed by atoms with Gasteiger partial charge in [-0.25, -0.2) is 4.39 Å². The molecule has 0 unspecified atom stereocenters. The quantitative estimate of drug-likeness (QED) is 0.754. The molecule has 0 spiro atoms. The maximum absolute atomic E-state index is 13.4. The van der Waals surface area contributed by atoms with Crippen LogP contribution in [0, 0.1) is 11.2 Å². The summed E-state index contributed by atoms with van der Waals surface area (Å²) in [6.45, 7) is 5.58. The van der Waals surface area contributed by atoms with Gasteiger partial charge in [0.2, 0.25) is 0 Å². The third-order valence-electron chi connectivity index (χ3n) is 2.67. The van der Waals surface area contributed by atoms with E-state index in [-0.39, 0.29) is 11.3 Å². The van der Waals surface area contributed by atoms with Gasteiger partial charge in [0.05, 0.1) is 5.56 Å². The van der Waals surface area contributed by atoms with E-state index in [0.717, 1.165) is 4.47 Å². The van der Waals surface area contributed by atoms with Crippen molar-refractivity contribution < 1.29 is 9.18 Å². The second-order valence-corrected chi connectivity index (χ2v) is 5.11. The number of hydrogen-bond donors (Lipinski definition) is 0. The van der Waals surface area contributed by atoms with E-state index in [1.54, 1.807) is 6.07 Å². The van der Waals surface area contributed by atoms with Crippen LogP contribution < -0.4 is 0 Å². The summed E-state index contributed by atoms with van der Waals surface area (Å²) < 4.78 is 14.2. The van der Waals surface area contributed by atoms with Crippen LogP contribution in [-0.2, 0) is 0 Å². The zero-order chi connectivity index (χ0) is 11.6. The summed E-state index contributed by atoms with van der Waals surface area (Å²) >= 11 is 3.23. The van der Waals surface area contributed by atoms with Gasteiger partial charge in [0.15, 0.2) is 5.78 Å². The smallest absolute Gasteiger partial charge is 0.171 e. The topological polar surface area (TPSA) is 17.1 Å². The molecule has 0 heterocycles. The Hall–Kier alpha value is -0.700. The molecule has 0 fully saturated rings. The third-order valence-corrected chi connectivity index (χ3v) is 3.16. The molecule has 0 aliphatic rings. The van der Waals surface area contributed by atoms with Crippen LogP contribution in [0.3, 0.4) is 0 Å². The Kier molecular flexibility index (Phi) is 3.66. The predicted molar refractivity (Wildman–Crippen MR) is 62.5 cm³/mol. The van der Waals surface area contributed by atoms with Gasteiger partial charge in [-0.05, 0) is 24.6 Å². The Bertz CT molecular complexity index is 385. The highest BCUT2D eigenvalue weighted by Gasteiger charge is 2.28. The van der Waals surface area contributed by atoms with Gasteiger partial charge < -0.3 is 0 Å². The molecular weight excluding hydrogens is 259 g/mol. The normalized spacial score (nSPS) is 11.5. The Morgan fingerprint density at radius 2 is 2.07 bits per heavy atom. The van der Waals surface area contributed by atoms with Crippen molar-refractivity contribution in [3.8, 4) is 0 Å². The van der Waals surface area contributed by atoms with Crippen LogP contribution in [0.5, 0.6) is 0 Å². The van der Waals surface area contributed by atoms with Crippen LogP contribution in [-0.4, -0.2) is 5.78 Å². The van der Waals surface area contributed by atoms with Crippen LogP contribution >= 0.6 is 15.9 Å². The highest BCUT2D eigenvalue weighted by Crippen LogP contribution is 2.28.